The van der Waals surface area contributed by atoms with Crippen LogP contribution in [0.5, 0.6) is 0 Å². The topological polar surface area (TPSA) is 21.3 Å². The van der Waals surface area contributed by atoms with Crippen molar-refractivity contribution in [2.24, 2.45) is 0 Å². The summed E-state index contributed by atoms with van der Waals surface area (Å²) in [5.74, 6) is 0. The van der Waals surface area contributed by atoms with Crippen LogP contribution in [0.1, 0.15) is 6.42 Å². The van der Waals surface area contributed by atoms with Gasteiger partial charge in [-0.25, -0.2) is 0 Å². The molecule has 0 aromatic carbocycles. The van der Waals surface area contributed by atoms with E-state index in [1.807, 2.05) is 5.48 Å². The molecular formula is C4H5F3NO. The van der Waals surface area contributed by atoms with Gasteiger partial charge in [-0.15, -0.1) is 0 Å². The molecule has 1 rings (SSSR count). The maximum Gasteiger partial charge on any atom is 0.416 e. The zero-order valence-corrected chi connectivity index (χ0v) is 4.40. The van der Waals surface area contributed by atoms with Gasteiger partial charge in [-0.3, -0.25) is 4.84 Å². The van der Waals surface area contributed by atoms with Crippen molar-refractivity contribution in [1.82, 2.24) is 5.48 Å². The number of hydroxylamine groups is 1. The van der Waals surface area contributed by atoms with Gasteiger partial charge in [0.1, 0.15) is 0 Å². The highest BCUT2D eigenvalue weighted by Crippen LogP contribution is 2.27. The van der Waals surface area contributed by atoms with Crippen LogP contribution in [0, 0.1) is 6.54 Å². The molecule has 0 spiro atoms. The monoisotopic (exact) mass is 140 g/mol. The van der Waals surface area contributed by atoms with E-state index in [2.05, 4.69) is 4.84 Å². The largest absolute Gasteiger partial charge is 0.416 e. The smallest absolute Gasteiger partial charge is 0.289 e. The molecule has 1 unspecified atom stereocenters. The first-order valence-electron chi connectivity index (χ1n) is 2.40. The van der Waals surface area contributed by atoms with E-state index in [-0.39, 0.29) is 6.42 Å². The highest BCUT2D eigenvalue weighted by molar-refractivity contribution is 4.77. The molecule has 2 nitrogen and oxygen atoms in total. The quantitative estimate of drug-likeness (QED) is 0.542. The van der Waals surface area contributed by atoms with Gasteiger partial charge in [0.2, 0.25) is 0 Å². The van der Waals surface area contributed by atoms with Crippen molar-refractivity contribution in [1.29, 1.82) is 0 Å². The predicted molar refractivity (Wildman–Crippen MR) is 23.0 cm³/mol. The van der Waals surface area contributed by atoms with Crippen LogP contribution in [0.4, 0.5) is 13.2 Å². The molecule has 9 heavy (non-hydrogen) atoms. The molecule has 1 fully saturated rings. The average Bonchev–Trinajstić information content (AvgIpc) is 2.08. The highest BCUT2D eigenvalue weighted by Gasteiger charge is 2.43. The van der Waals surface area contributed by atoms with Gasteiger partial charge >= 0.3 is 6.18 Å². The lowest BCUT2D eigenvalue weighted by Crippen LogP contribution is -2.28. The molecule has 1 radical (unpaired) electrons. The summed E-state index contributed by atoms with van der Waals surface area (Å²) in [5.41, 5.74) is 2.03. The molecule has 0 aliphatic carbocycles. The van der Waals surface area contributed by atoms with Crippen molar-refractivity contribution in [3.63, 3.8) is 0 Å². The van der Waals surface area contributed by atoms with E-state index in [4.69, 9.17) is 0 Å². The molecule has 0 bridgehead atoms. The summed E-state index contributed by atoms with van der Waals surface area (Å²) >= 11 is 0. The van der Waals surface area contributed by atoms with Crippen molar-refractivity contribution >= 4 is 0 Å². The number of nitrogens with one attached hydrogen (secondary N) is 1. The minimum atomic E-state index is -4.24. The number of hydrogen-bond donors (Lipinski definition) is 1. The van der Waals surface area contributed by atoms with Crippen molar-refractivity contribution in [3.05, 3.63) is 6.54 Å². The second-order valence-corrected chi connectivity index (χ2v) is 1.71. The fraction of sp³-hybridized carbons (Fsp3) is 0.750. The minimum absolute atomic E-state index is 0.108. The fourth-order valence-electron chi connectivity index (χ4n) is 0.534. The Bertz CT molecular complexity index is 96.5. The van der Waals surface area contributed by atoms with Gasteiger partial charge < -0.3 is 0 Å². The Morgan fingerprint density at radius 1 is 1.56 bits per heavy atom. The van der Waals surface area contributed by atoms with E-state index >= 15 is 0 Å². The maximum atomic E-state index is 11.6. The third kappa shape index (κ3) is 1.56. The van der Waals surface area contributed by atoms with E-state index in [0.717, 1.165) is 0 Å². The summed E-state index contributed by atoms with van der Waals surface area (Å²) in [6.07, 6.45) is -6.00. The highest BCUT2D eigenvalue weighted by atomic mass is 19.4. The number of rotatable bonds is 0. The van der Waals surface area contributed by atoms with Gasteiger partial charge in [0.05, 0.1) is 6.54 Å². The molecule has 53 valence electrons. The fourth-order valence-corrected chi connectivity index (χ4v) is 0.534. The summed E-state index contributed by atoms with van der Waals surface area (Å²) < 4.78 is 34.7. The zero-order chi connectivity index (χ0) is 6.91. The molecular weight excluding hydrogens is 135 g/mol. The van der Waals surface area contributed by atoms with Crippen LogP contribution in [0.2, 0.25) is 0 Å². The summed E-state index contributed by atoms with van der Waals surface area (Å²) in [5, 5.41) is 0. The third-order valence-corrected chi connectivity index (χ3v) is 0.991. The standard InChI is InChI=1S/C4H5F3NO/c5-4(6,7)3-1-2-8-9-3/h2-3,8H,1H2. The van der Waals surface area contributed by atoms with Gasteiger partial charge in [-0.2, -0.15) is 18.7 Å². The van der Waals surface area contributed by atoms with Crippen molar-refractivity contribution in [2.45, 2.75) is 18.7 Å². The Morgan fingerprint density at radius 3 is 2.44 bits per heavy atom. The Balaban J connectivity index is 2.42. The van der Waals surface area contributed by atoms with Crippen LogP contribution in [-0.4, -0.2) is 12.3 Å². The molecule has 0 amide bonds. The first kappa shape index (κ1) is 6.82. The first-order chi connectivity index (χ1) is 4.11. The lowest BCUT2D eigenvalue weighted by Gasteiger charge is -2.10. The lowest BCUT2D eigenvalue weighted by molar-refractivity contribution is -0.218. The second kappa shape index (κ2) is 2.15. The second-order valence-electron chi connectivity index (χ2n) is 1.71. The number of halogens is 3. The van der Waals surface area contributed by atoms with Gasteiger partial charge in [0.25, 0.3) is 0 Å². The molecule has 1 aliphatic heterocycles. The van der Waals surface area contributed by atoms with Crippen molar-refractivity contribution in [3.8, 4) is 0 Å². The first-order valence-corrected chi connectivity index (χ1v) is 2.40. The molecule has 1 saturated heterocycles. The van der Waals surface area contributed by atoms with Gasteiger partial charge in [0.15, 0.2) is 6.10 Å². The van der Waals surface area contributed by atoms with Crippen LogP contribution in [-0.2, 0) is 4.84 Å². The van der Waals surface area contributed by atoms with Crippen LogP contribution in [0.25, 0.3) is 0 Å². The molecule has 1 atom stereocenters. The molecule has 5 heteroatoms. The molecule has 1 N–H and O–H groups in total. The van der Waals surface area contributed by atoms with Crippen LogP contribution < -0.4 is 5.48 Å². The third-order valence-electron chi connectivity index (χ3n) is 0.991. The van der Waals surface area contributed by atoms with Crippen LogP contribution >= 0.6 is 0 Å². The van der Waals surface area contributed by atoms with Gasteiger partial charge in [0, 0.05) is 6.42 Å². The summed E-state index contributed by atoms with van der Waals surface area (Å²) in [7, 11) is 0. The Morgan fingerprint density at radius 2 is 2.22 bits per heavy atom. The summed E-state index contributed by atoms with van der Waals surface area (Å²) in [6, 6.07) is 0. The summed E-state index contributed by atoms with van der Waals surface area (Å²) in [6.45, 7) is 1.23. The molecule has 0 saturated carbocycles. The molecule has 1 aliphatic rings. The van der Waals surface area contributed by atoms with E-state index < -0.39 is 12.3 Å². The van der Waals surface area contributed by atoms with Crippen molar-refractivity contribution < 1.29 is 18.0 Å². The minimum Gasteiger partial charge on any atom is -0.289 e. The van der Waals surface area contributed by atoms with E-state index in [1.165, 1.54) is 6.54 Å². The van der Waals surface area contributed by atoms with Gasteiger partial charge in [-0.05, 0) is 0 Å². The predicted octanol–water partition coefficient (Wildman–Crippen LogP) is 1.00. The summed E-state index contributed by atoms with van der Waals surface area (Å²) in [4.78, 5) is 4.09. The normalized spacial score (nSPS) is 29.0. The van der Waals surface area contributed by atoms with E-state index in [0.29, 0.717) is 0 Å². The maximum absolute atomic E-state index is 11.6. The molecule has 0 aromatic heterocycles. The average molecular weight is 140 g/mol. The zero-order valence-electron chi connectivity index (χ0n) is 4.40. The van der Waals surface area contributed by atoms with E-state index in [1.54, 1.807) is 0 Å². The molecule has 0 aromatic rings. The molecule has 1 heterocycles. The number of alkyl halides is 3. The van der Waals surface area contributed by atoms with Crippen LogP contribution in [0.15, 0.2) is 0 Å². The lowest BCUT2D eigenvalue weighted by atomic mass is 10.3. The van der Waals surface area contributed by atoms with Crippen molar-refractivity contribution in [2.75, 3.05) is 0 Å². The number of hydrogen-bond acceptors (Lipinski definition) is 2. The Kier molecular flexibility index (Phi) is 1.63. The van der Waals surface area contributed by atoms with Gasteiger partial charge in [-0.1, -0.05) is 0 Å². The van der Waals surface area contributed by atoms with Crippen LogP contribution in [0.3, 0.4) is 0 Å². The SMILES string of the molecule is FC(F)(F)C1C[CH]NO1. The van der Waals surface area contributed by atoms with E-state index in [9.17, 15) is 13.2 Å². The Labute approximate surface area is 49.9 Å². The Hall–Kier alpha value is -0.290.